The van der Waals surface area contributed by atoms with Gasteiger partial charge >= 0.3 is 0 Å². The summed E-state index contributed by atoms with van der Waals surface area (Å²) in [5.41, 5.74) is 0. The average molecular weight is 252 g/mol. The fourth-order valence-electron chi connectivity index (χ4n) is 3.51. The van der Waals surface area contributed by atoms with Gasteiger partial charge in [0.25, 0.3) is 0 Å². The van der Waals surface area contributed by atoms with Crippen LogP contribution in [0.15, 0.2) is 0 Å². The van der Waals surface area contributed by atoms with E-state index in [1.54, 1.807) is 0 Å². The van der Waals surface area contributed by atoms with Gasteiger partial charge in [-0.2, -0.15) is 0 Å². The Balaban J connectivity index is 1.88. The lowest BCUT2D eigenvalue weighted by Crippen LogP contribution is -2.43. The molecule has 0 amide bonds. The van der Waals surface area contributed by atoms with E-state index in [2.05, 4.69) is 24.1 Å². The number of hydrogen-bond acceptors (Lipinski definition) is 2. The molecule has 0 atom stereocenters. The van der Waals surface area contributed by atoms with Crippen LogP contribution in [-0.4, -0.2) is 36.6 Å². The van der Waals surface area contributed by atoms with Gasteiger partial charge in [-0.3, -0.25) is 4.90 Å². The quantitative estimate of drug-likeness (QED) is 0.712. The van der Waals surface area contributed by atoms with Gasteiger partial charge in [-0.05, 0) is 57.5 Å². The predicted molar refractivity (Wildman–Crippen MR) is 78.9 cm³/mol. The van der Waals surface area contributed by atoms with Crippen LogP contribution in [0.5, 0.6) is 0 Å². The molecule has 2 fully saturated rings. The minimum atomic E-state index is 0.877. The second-order valence-corrected chi connectivity index (χ2v) is 6.35. The molecule has 18 heavy (non-hydrogen) atoms. The number of rotatable bonds is 8. The van der Waals surface area contributed by atoms with Crippen LogP contribution < -0.4 is 5.32 Å². The van der Waals surface area contributed by atoms with Crippen molar-refractivity contribution in [3.8, 4) is 0 Å². The van der Waals surface area contributed by atoms with Crippen molar-refractivity contribution in [3.63, 3.8) is 0 Å². The predicted octanol–water partition coefficient (Wildman–Crippen LogP) is 3.42. The van der Waals surface area contributed by atoms with Crippen molar-refractivity contribution in [2.45, 2.75) is 77.3 Å². The fourth-order valence-corrected chi connectivity index (χ4v) is 3.51. The van der Waals surface area contributed by atoms with Gasteiger partial charge in [-0.25, -0.2) is 0 Å². The van der Waals surface area contributed by atoms with E-state index in [4.69, 9.17) is 0 Å². The molecule has 0 unspecified atom stereocenters. The van der Waals surface area contributed by atoms with E-state index in [1.807, 2.05) is 0 Å². The first-order chi connectivity index (χ1) is 8.85. The topological polar surface area (TPSA) is 15.3 Å². The number of piperidine rings is 1. The van der Waals surface area contributed by atoms with Crippen LogP contribution in [0, 0.1) is 5.92 Å². The number of hydrogen-bond donors (Lipinski definition) is 1. The zero-order valence-corrected chi connectivity index (χ0v) is 12.5. The maximum atomic E-state index is 3.49. The summed E-state index contributed by atoms with van der Waals surface area (Å²) in [6, 6.07) is 1.82. The Bertz CT molecular complexity index is 213. The first-order valence-corrected chi connectivity index (χ1v) is 8.31. The van der Waals surface area contributed by atoms with E-state index in [0.29, 0.717) is 0 Å². The summed E-state index contributed by atoms with van der Waals surface area (Å²) >= 11 is 0. The van der Waals surface area contributed by atoms with E-state index in [0.717, 1.165) is 18.0 Å². The minimum absolute atomic E-state index is 0.877. The van der Waals surface area contributed by atoms with Crippen LogP contribution in [0.25, 0.3) is 0 Å². The Hall–Kier alpha value is -0.0800. The minimum Gasteiger partial charge on any atom is -0.317 e. The smallest absolute Gasteiger partial charge is 0.00994 e. The van der Waals surface area contributed by atoms with Crippen molar-refractivity contribution in [1.82, 2.24) is 10.2 Å². The maximum Gasteiger partial charge on any atom is 0.00994 e. The van der Waals surface area contributed by atoms with E-state index >= 15 is 0 Å². The van der Waals surface area contributed by atoms with Gasteiger partial charge in [0.05, 0.1) is 0 Å². The summed E-state index contributed by atoms with van der Waals surface area (Å²) in [5.74, 6) is 0.961. The normalized spacial score (nSPS) is 22.0. The fraction of sp³-hybridized carbons (Fsp3) is 1.00. The first kappa shape index (κ1) is 14.3. The van der Waals surface area contributed by atoms with Crippen molar-refractivity contribution in [2.24, 2.45) is 5.92 Å². The molecular formula is C16H32N2. The molecule has 0 spiro atoms. The third kappa shape index (κ3) is 4.24. The van der Waals surface area contributed by atoms with Gasteiger partial charge in [0.1, 0.15) is 0 Å². The maximum absolute atomic E-state index is 3.49. The lowest BCUT2D eigenvalue weighted by atomic mass is 9.95. The van der Waals surface area contributed by atoms with E-state index in [-0.39, 0.29) is 0 Å². The monoisotopic (exact) mass is 252 g/mol. The Labute approximate surface area is 114 Å². The van der Waals surface area contributed by atoms with Crippen LogP contribution >= 0.6 is 0 Å². The second-order valence-electron chi connectivity index (χ2n) is 6.35. The molecule has 1 heterocycles. The van der Waals surface area contributed by atoms with Crippen molar-refractivity contribution < 1.29 is 0 Å². The number of nitrogens with zero attached hydrogens (tertiary/aromatic N) is 1. The summed E-state index contributed by atoms with van der Waals surface area (Å²) in [5, 5.41) is 3.49. The number of nitrogens with one attached hydrogen (secondary N) is 1. The Morgan fingerprint density at radius 3 is 2.11 bits per heavy atom. The molecule has 0 radical (unpaired) electrons. The van der Waals surface area contributed by atoms with Gasteiger partial charge in [0.2, 0.25) is 0 Å². The third-order valence-corrected chi connectivity index (χ3v) is 4.66. The summed E-state index contributed by atoms with van der Waals surface area (Å²) in [4.78, 5) is 2.91. The van der Waals surface area contributed by atoms with Gasteiger partial charge < -0.3 is 5.32 Å². The lowest BCUT2D eigenvalue weighted by Gasteiger charge is -2.36. The van der Waals surface area contributed by atoms with Crippen molar-refractivity contribution in [3.05, 3.63) is 0 Å². The highest BCUT2D eigenvalue weighted by atomic mass is 15.2. The molecule has 1 saturated heterocycles. The highest BCUT2D eigenvalue weighted by Crippen LogP contribution is 2.33. The van der Waals surface area contributed by atoms with Gasteiger partial charge in [-0.15, -0.1) is 0 Å². The molecule has 1 N–H and O–H groups in total. The molecule has 1 aliphatic heterocycles. The van der Waals surface area contributed by atoms with Gasteiger partial charge in [0, 0.05) is 18.6 Å². The zero-order chi connectivity index (χ0) is 12.8. The van der Waals surface area contributed by atoms with Crippen molar-refractivity contribution >= 4 is 0 Å². The summed E-state index contributed by atoms with van der Waals surface area (Å²) in [6.07, 6.45) is 11.2. The molecule has 106 valence electrons. The third-order valence-electron chi connectivity index (χ3n) is 4.66. The molecule has 0 aromatic rings. The highest BCUT2D eigenvalue weighted by Gasteiger charge is 2.34. The summed E-state index contributed by atoms with van der Waals surface area (Å²) < 4.78 is 0. The lowest BCUT2D eigenvalue weighted by molar-refractivity contribution is 0.128. The van der Waals surface area contributed by atoms with Crippen LogP contribution in [-0.2, 0) is 0 Å². The summed E-state index contributed by atoms with van der Waals surface area (Å²) in [7, 11) is 0. The molecule has 2 aliphatic rings. The van der Waals surface area contributed by atoms with Gasteiger partial charge in [0.15, 0.2) is 0 Å². The molecule has 2 heteroatoms. The van der Waals surface area contributed by atoms with E-state index in [9.17, 15) is 0 Å². The van der Waals surface area contributed by atoms with E-state index < -0.39 is 0 Å². The Kier molecular flexibility index (Phi) is 5.97. The molecule has 0 aromatic heterocycles. The Morgan fingerprint density at radius 1 is 1.00 bits per heavy atom. The molecule has 1 aliphatic carbocycles. The standard InChI is InChI=1S/C16H32N2/c1-3-5-15(6-4-2)18(16-7-8-16)13-14-9-11-17-12-10-14/h14-17H,3-13H2,1-2H3. The molecule has 0 aromatic carbocycles. The van der Waals surface area contributed by atoms with Crippen molar-refractivity contribution in [1.29, 1.82) is 0 Å². The molecule has 0 bridgehead atoms. The van der Waals surface area contributed by atoms with Crippen LogP contribution in [0.1, 0.15) is 65.2 Å². The molecule has 2 nitrogen and oxygen atoms in total. The van der Waals surface area contributed by atoms with E-state index in [1.165, 1.54) is 71.0 Å². The molecule has 1 saturated carbocycles. The largest absolute Gasteiger partial charge is 0.317 e. The SMILES string of the molecule is CCCC(CCC)N(CC1CCNCC1)C1CC1. The molecular weight excluding hydrogens is 220 g/mol. The van der Waals surface area contributed by atoms with Crippen molar-refractivity contribution in [2.75, 3.05) is 19.6 Å². The average Bonchev–Trinajstić information content (AvgIpc) is 3.21. The van der Waals surface area contributed by atoms with Crippen LogP contribution in [0.3, 0.4) is 0 Å². The van der Waals surface area contributed by atoms with Gasteiger partial charge in [-0.1, -0.05) is 26.7 Å². The summed E-state index contributed by atoms with van der Waals surface area (Å²) in [6.45, 7) is 8.57. The first-order valence-electron chi connectivity index (χ1n) is 8.31. The molecule has 2 rings (SSSR count). The zero-order valence-electron chi connectivity index (χ0n) is 12.5. The van der Waals surface area contributed by atoms with Crippen LogP contribution in [0.4, 0.5) is 0 Å². The highest BCUT2D eigenvalue weighted by molar-refractivity contribution is 4.90. The van der Waals surface area contributed by atoms with Crippen LogP contribution in [0.2, 0.25) is 0 Å². The second kappa shape index (κ2) is 7.49. The Morgan fingerprint density at radius 2 is 1.61 bits per heavy atom.